The standard InChI is InChI=1S/C16H29N3O2/c1-16-7-5-11(10-14(20)21)9-13(16)4-2-3-12(16)6-8-19-15(17)18/h11-13H,2-10H2,1H3,(H,20,21)(H4,17,18,19)/t11-,12+,13?,16+/m0/s1. The molecule has 2 aliphatic rings. The van der Waals surface area contributed by atoms with Crippen LogP contribution in [0.3, 0.4) is 0 Å². The van der Waals surface area contributed by atoms with E-state index in [2.05, 4.69) is 11.9 Å². The zero-order chi connectivity index (χ0) is 15.5. The topological polar surface area (TPSA) is 102 Å². The Kier molecular flexibility index (Phi) is 5.12. The van der Waals surface area contributed by atoms with Crippen molar-refractivity contribution in [2.75, 3.05) is 6.54 Å². The van der Waals surface area contributed by atoms with E-state index in [1.165, 1.54) is 19.3 Å². The predicted molar refractivity (Wildman–Crippen MR) is 83.8 cm³/mol. The summed E-state index contributed by atoms with van der Waals surface area (Å²) in [5.41, 5.74) is 11.2. The van der Waals surface area contributed by atoms with Gasteiger partial charge in [-0.2, -0.15) is 0 Å². The highest BCUT2D eigenvalue weighted by Crippen LogP contribution is 2.55. The minimum atomic E-state index is -0.649. The highest BCUT2D eigenvalue weighted by molar-refractivity contribution is 5.75. The van der Waals surface area contributed by atoms with Gasteiger partial charge in [-0.15, -0.1) is 0 Å². The highest BCUT2D eigenvalue weighted by Gasteiger charge is 2.46. The molecule has 0 saturated heterocycles. The fourth-order valence-corrected chi connectivity index (χ4v) is 4.69. The summed E-state index contributed by atoms with van der Waals surface area (Å²) >= 11 is 0. The van der Waals surface area contributed by atoms with Crippen molar-refractivity contribution in [2.45, 2.75) is 58.3 Å². The third-order valence-electron chi connectivity index (χ3n) is 5.91. The summed E-state index contributed by atoms with van der Waals surface area (Å²) in [5, 5.41) is 9.01. The molecule has 21 heavy (non-hydrogen) atoms. The van der Waals surface area contributed by atoms with Gasteiger partial charge in [0.25, 0.3) is 0 Å². The molecule has 1 unspecified atom stereocenters. The molecule has 2 aliphatic carbocycles. The number of hydrogen-bond acceptors (Lipinski definition) is 2. The van der Waals surface area contributed by atoms with Crippen LogP contribution < -0.4 is 11.5 Å². The summed E-state index contributed by atoms with van der Waals surface area (Å²) in [4.78, 5) is 15.1. The molecule has 5 N–H and O–H groups in total. The molecule has 2 saturated carbocycles. The minimum Gasteiger partial charge on any atom is -0.481 e. The maximum atomic E-state index is 10.9. The molecule has 5 nitrogen and oxygen atoms in total. The van der Waals surface area contributed by atoms with Crippen molar-refractivity contribution in [1.82, 2.24) is 0 Å². The van der Waals surface area contributed by atoms with Crippen molar-refractivity contribution in [1.29, 1.82) is 0 Å². The Morgan fingerprint density at radius 1 is 1.33 bits per heavy atom. The molecule has 0 aliphatic heterocycles. The zero-order valence-corrected chi connectivity index (χ0v) is 13.1. The maximum absolute atomic E-state index is 10.9. The molecular weight excluding hydrogens is 266 g/mol. The fourth-order valence-electron chi connectivity index (χ4n) is 4.69. The van der Waals surface area contributed by atoms with Gasteiger partial charge < -0.3 is 16.6 Å². The summed E-state index contributed by atoms with van der Waals surface area (Å²) in [7, 11) is 0. The molecule has 0 amide bonds. The largest absolute Gasteiger partial charge is 0.481 e. The van der Waals surface area contributed by atoms with E-state index < -0.39 is 5.97 Å². The van der Waals surface area contributed by atoms with Gasteiger partial charge >= 0.3 is 5.97 Å². The Bertz CT molecular complexity index is 406. The molecule has 2 fully saturated rings. The van der Waals surface area contributed by atoms with Gasteiger partial charge in [0, 0.05) is 13.0 Å². The average Bonchev–Trinajstić information content (AvgIpc) is 2.39. The lowest BCUT2D eigenvalue weighted by atomic mass is 9.53. The van der Waals surface area contributed by atoms with Crippen LogP contribution in [-0.2, 0) is 4.79 Å². The first-order valence-corrected chi connectivity index (χ1v) is 8.19. The molecule has 0 spiro atoms. The number of carboxylic acids is 1. The molecule has 4 atom stereocenters. The number of carbonyl (C=O) groups is 1. The molecule has 5 heteroatoms. The Morgan fingerprint density at radius 2 is 2.10 bits per heavy atom. The predicted octanol–water partition coefficient (Wildman–Crippen LogP) is 2.35. The van der Waals surface area contributed by atoms with E-state index in [1.807, 2.05) is 0 Å². The molecule has 2 rings (SSSR count). The van der Waals surface area contributed by atoms with E-state index in [4.69, 9.17) is 16.6 Å². The Hall–Kier alpha value is -1.26. The normalized spacial score (nSPS) is 35.8. The highest BCUT2D eigenvalue weighted by atomic mass is 16.4. The van der Waals surface area contributed by atoms with Crippen LogP contribution in [0.15, 0.2) is 4.99 Å². The first-order valence-electron chi connectivity index (χ1n) is 8.19. The number of nitrogens with two attached hydrogens (primary N) is 2. The first-order chi connectivity index (χ1) is 9.91. The summed E-state index contributed by atoms with van der Waals surface area (Å²) in [6.07, 6.45) is 8.45. The first kappa shape index (κ1) is 16.1. The smallest absolute Gasteiger partial charge is 0.303 e. The van der Waals surface area contributed by atoms with Gasteiger partial charge in [0.05, 0.1) is 0 Å². The van der Waals surface area contributed by atoms with Crippen LogP contribution in [0.1, 0.15) is 58.3 Å². The van der Waals surface area contributed by atoms with Crippen LogP contribution >= 0.6 is 0 Å². The average molecular weight is 295 g/mol. The molecule has 0 aromatic heterocycles. The van der Waals surface area contributed by atoms with Crippen LogP contribution in [0.5, 0.6) is 0 Å². The van der Waals surface area contributed by atoms with Crippen LogP contribution in [0.2, 0.25) is 0 Å². The van der Waals surface area contributed by atoms with Crippen molar-refractivity contribution >= 4 is 11.9 Å². The van der Waals surface area contributed by atoms with E-state index in [0.29, 0.717) is 36.1 Å². The maximum Gasteiger partial charge on any atom is 0.303 e. The second-order valence-corrected chi connectivity index (χ2v) is 7.16. The summed E-state index contributed by atoms with van der Waals surface area (Å²) < 4.78 is 0. The third-order valence-corrected chi connectivity index (χ3v) is 5.91. The molecular formula is C16H29N3O2. The summed E-state index contributed by atoms with van der Waals surface area (Å²) in [5.74, 6) is 1.25. The third kappa shape index (κ3) is 3.89. The van der Waals surface area contributed by atoms with Gasteiger partial charge in [0.2, 0.25) is 0 Å². The van der Waals surface area contributed by atoms with Crippen molar-refractivity contribution in [2.24, 2.45) is 39.6 Å². The summed E-state index contributed by atoms with van der Waals surface area (Å²) in [6.45, 7) is 3.13. The SMILES string of the molecule is C[C@]12CC[C@H](CC(=O)O)CC1CCC[C@@H]2CCN=C(N)N. The number of aliphatic imine (C=N–C) groups is 1. The molecule has 0 heterocycles. The van der Waals surface area contributed by atoms with Gasteiger partial charge in [0.15, 0.2) is 5.96 Å². The van der Waals surface area contributed by atoms with E-state index in [1.54, 1.807) is 0 Å². The van der Waals surface area contributed by atoms with Gasteiger partial charge in [-0.05, 0) is 61.7 Å². The molecule has 0 aromatic rings. The Morgan fingerprint density at radius 3 is 2.76 bits per heavy atom. The van der Waals surface area contributed by atoms with E-state index in [0.717, 1.165) is 25.7 Å². The summed E-state index contributed by atoms with van der Waals surface area (Å²) in [6, 6.07) is 0. The molecule has 0 bridgehead atoms. The lowest BCUT2D eigenvalue weighted by molar-refractivity contribution is -0.139. The van der Waals surface area contributed by atoms with Crippen molar-refractivity contribution in [3.63, 3.8) is 0 Å². The quantitative estimate of drug-likeness (QED) is 0.535. The fraction of sp³-hybridized carbons (Fsp3) is 0.875. The lowest BCUT2D eigenvalue weighted by Gasteiger charge is -2.52. The van der Waals surface area contributed by atoms with Gasteiger partial charge in [-0.3, -0.25) is 9.79 Å². The monoisotopic (exact) mass is 295 g/mol. The number of nitrogens with zero attached hydrogens (tertiary/aromatic N) is 1. The number of hydrogen-bond donors (Lipinski definition) is 3. The van der Waals surface area contributed by atoms with Crippen LogP contribution in [0.4, 0.5) is 0 Å². The number of guanidine groups is 1. The van der Waals surface area contributed by atoms with Crippen molar-refractivity contribution in [3.05, 3.63) is 0 Å². The molecule has 0 radical (unpaired) electrons. The van der Waals surface area contributed by atoms with Crippen LogP contribution in [0, 0.1) is 23.2 Å². The number of fused-ring (bicyclic) bond motifs is 1. The van der Waals surface area contributed by atoms with Crippen molar-refractivity contribution in [3.8, 4) is 0 Å². The minimum absolute atomic E-state index is 0.178. The van der Waals surface area contributed by atoms with E-state index in [9.17, 15) is 4.79 Å². The molecule has 120 valence electrons. The van der Waals surface area contributed by atoms with E-state index in [-0.39, 0.29) is 5.96 Å². The van der Waals surface area contributed by atoms with Gasteiger partial charge in [0.1, 0.15) is 0 Å². The second-order valence-electron chi connectivity index (χ2n) is 7.16. The van der Waals surface area contributed by atoms with Crippen molar-refractivity contribution < 1.29 is 9.90 Å². The van der Waals surface area contributed by atoms with E-state index >= 15 is 0 Å². The van der Waals surface area contributed by atoms with Crippen LogP contribution in [-0.4, -0.2) is 23.6 Å². The lowest BCUT2D eigenvalue weighted by Crippen LogP contribution is -2.43. The zero-order valence-electron chi connectivity index (χ0n) is 13.1. The van der Waals surface area contributed by atoms with Crippen LogP contribution in [0.25, 0.3) is 0 Å². The van der Waals surface area contributed by atoms with Gasteiger partial charge in [-0.25, -0.2) is 0 Å². The van der Waals surface area contributed by atoms with Gasteiger partial charge in [-0.1, -0.05) is 13.3 Å². The number of aliphatic carboxylic acids is 1. The second kappa shape index (κ2) is 6.67. The number of carboxylic acid groups (broad SMARTS) is 1. The Labute approximate surface area is 127 Å². The Balaban J connectivity index is 1.97. The number of rotatable bonds is 5. The molecule has 0 aromatic carbocycles.